The van der Waals surface area contributed by atoms with Gasteiger partial charge in [0.25, 0.3) is 0 Å². The highest BCUT2D eigenvalue weighted by Gasteiger charge is 2.50. The van der Waals surface area contributed by atoms with Crippen LogP contribution in [-0.2, 0) is 30.6 Å². The van der Waals surface area contributed by atoms with Crippen molar-refractivity contribution in [2.75, 3.05) is 18.8 Å². The molecule has 1 aliphatic heterocycles. The number of nitrogens with two attached hydrogens (primary N) is 1. The minimum atomic E-state index is -3.88. The average molecular weight is 558 g/mol. The first-order valence-electron chi connectivity index (χ1n) is 11.7. The van der Waals surface area contributed by atoms with Crippen LogP contribution in [-0.4, -0.2) is 55.2 Å². The van der Waals surface area contributed by atoms with Crippen molar-refractivity contribution in [3.8, 4) is 10.4 Å². The van der Waals surface area contributed by atoms with Crippen LogP contribution in [0.5, 0.6) is 0 Å². The molecule has 0 aliphatic carbocycles. The van der Waals surface area contributed by atoms with Gasteiger partial charge in [-0.1, -0.05) is 52.0 Å². The van der Waals surface area contributed by atoms with E-state index in [1.54, 1.807) is 11.5 Å². The van der Waals surface area contributed by atoms with E-state index in [0.29, 0.717) is 4.88 Å². The zero-order chi connectivity index (χ0) is 26.0. The van der Waals surface area contributed by atoms with Crippen LogP contribution < -0.4 is 11.2 Å². The topological polar surface area (TPSA) is 130 Å². The quantitative estimate of drug-likeness (QED) is 0.368. The van der Waals surface area contributed by atoms with E-state index in [9.17, 15) is 23.2 Å². The molecule has 1 fully saturated rings. The summed E-state index contributed by atoms with van der Waals surface area (Å²) < 4.78 is 25.9. The van der Waals surface area contributed by atoms with Crippen molar-refractivity contribution in [3.63, 3.8) is 0 Å². The van der Waals surface area contributed by atoms with Gasteiger partial charge in [0, 0.05) is 22.8 Å². The second-order valence-electron chi connectivity index (χ2n) is 10.2. The van der Waals surface area contributed by atoms with Crippen molar-refractivity contribution in [2.45, 2.75) is 57.7 Å². The Morgan fingerprint density at radius 3 is 2.36 bits per heavy atom. The maximum Gasteiger partial charge on any atom is 0.245 e. The fraction of sp³-hybridized carbons (Fsp3) is 0.520. The fourth-order valence-electron chi connectivity index (χ4n) is 4.30. The molecule has 2 aromatic rings. The van der Waals surface area contributed by atoms with E-state index < -0.39 is 38.4 Å². The number of hydrogen-bond acceptors (Lipinski definition) is 7. The van der Waals surface area contributed by atoms with Gasteiger partial charge in [-0.2, -0.15) is 0 Å². The monoisotopic (exact) mass is 557 g/mol. The van der Waals surface area contributed by atoms with Crippen molar-refractivity contribution in [1.29, 1.82) is 0 Å². The number of halogens is 1. The van der Waals surface area contributed by atoms with Gasteiger partial charge in [0.1, 0.15) is 4.75 Å². The largest absolute Gasteiger partial charge is 0.340 e. The van der Waals surface area contributed by atoms with Crippen LogP contribution in [0.25, 0.3) is 10.4 Å². The Balaban J connectivity index is 0.00000456. The number of carbonyl (C=O) groups is 2. The molecular weight excluding hydrogens is 522 g/mol. The van der Waals surface area contributed by atoms with E-state index in [1.807, 2.05) is 51.1 Å². The number of benzene rings is 1. The predicted octanol–water partition coefficient (Wildman–Crippen LogP) is 3.51. The van der Waals surface area contributed by atoms with E-state index >= 15 is 0 Å². The molecule has 1 saturated heterocycles. The number of hydrogen-bond donors (Lipinski definition) is 3. The Bertz CT molecular complexity index is 1180. The maximum atomic E-state index is 13.7. The number of nitrogens with one attached hydrogen (secondary N) is 1. The normalized spacial score (nSPS) is 20.7. The van der Waals surface area contributed by atoms with Gasteiger partial charge in [-0.3, -0.25) is 14.8 Å². The predicted molar refractivity (Wildman–Crippen MR) is 145 cm³/mol. The number of carbonyl (C=O) groups excluding carboxylic acids is 2. The average Bonchev–Trinajstić information content (AvgIpc) is 3.27. The number of sulfone groups is 1. The summed E-state index contributed by atoms with van der Waals surface area (Å²) in [5.74, 6) is -1.40. The molecule has 1 aromatic carbocycles. The third-order valence-corrected chi connectivity index (χ3v) is 10.7. The Morgan fingerprint density at radius 2 is 1.81 bits per heavy atom. The minimum absolute atomic E-state index is 0. The summed E-state index contributed by atoms with van der Waals surface area (Å²) in [5.41, 5.74) is 9.44. The Hall–Kier alpha value is -1.98. The lowest BCUT2D eigenvalue weighted by Gasteiger charge is -2.32. The number of rotatable bonds is 6. The number of thiophene rings is 1. The lowest BCUT2D eigenvalue weighted by molar-refractivity contribution is -0.134. The molecular formula is C25H36ClN3O5S2. The molecule has 0 unspecified atom stereocenters. The van der Waals surface area contributed by atoms with Gasteiger partial charge in [-0.15, -0.1) is 23.7 Å². The van der Waals surface area contributed by atoms with Crippen molar-refractivity contribution >= 4 is 45.4 Å². The molecule has 11 heteroatoms. The van der Waals surface area contributed by atoms with Crippen LogP contribution >= 0.6 is 23.7 Å². The van der Waals surface area contributed by atoms with E-state index in [4.69, 9.17) is 5.73 Å². The second-order valence-corrected chi connectivity index (χ2v) is 13.7. The molecule has 3 rings (SSSR count). The highest BCUT2D eigenvalue weighted by atomic mass is 35.5. The van der Waals surface area contributed by atoms with Crippen molar-refractivity contribution in [2.24, 2.45) is 11.1 Å². The van der Waals surface area contributed by atoms with Gasteiger partial charge in [0.15, 0.2) is 9.84 Å². The summed E-state index contributed by atoms with van der Waals surface area (Å²) in [5, 5.41) is 9.23. The SMILES string of the molecule is CCc1ccc(-c2ccc([C@@]3(CC(=O)NO)CCN(C(=O)[C@@H](N)C(C)(C)C)CCS3(=O)=O)s2)cc1.Cl. The minimum Gasteiger partial charge on any atom is -0.340 e. The summed E-state index contributed by atoms with van der Waals surface area (Å²) >= 11 is 1.32. The van der Waals surface area contributed by atoms with Crippen LogP contribution in [0.15, 0.2) is 36.4 Å². The van der Waals surface area contributed by atoms with Crippen molar-refractivity contribution in [3.05, 3.63) is 46.8 Å². The van der Waals surface area contributed by atoms with E-state index in [0.717, 1.165) is 16.9 Å². The molecule has 1 aliphatic rings. The lowest BCUT2D eigenvalue weighted by atomic mass is 9.86. The van der Waals surface area contributed by atoms with Crippen LogP contribution in [0, 0.1) is 5.41 Å². The van der Waals surface area contributed by atoms with Crippen LogP contribution in [0.3, 0.4) is 0 Å². The molecule has 0 spiro atoms. The molecule has 4 N–H and O–H groups in total. The summed E-state index contributed by atoms with van der Waals surface area (Å²) in [6.07, 6.45) is 0.510. The Kier molecular flexibility index (Phi) is 9.75. The van der Waals surface area contributed by atoms with E-state index in [2.05, 4.69) is 6.92 Å². The summed E-state index contributed by atoms with van der Waals surface area (Å²) in [6, 6.07) is 10.9. The highest BCUT2D eigenvalue weighted by molar-refractivity contribution is 7.92. The first-order chi connectivity index (χ1) is 16.3. The van der Waals surface area contributed by atoms with E-state index in [-0.39, 0.29) is 43.6 Å². The van der Waals surface area contributed by atoms with Gasteiger partial charge < -0.3 is 10.6 Å². The number of amides is 2. The van der Waals surface area contributed by atoms with Crippen LogP contribution in [0.1, 0.15) is 51.0 Å². The third kappa shape index (κ3) is 6.11. The molecule has 0 saturated carbocycles. The van der Waals surface area contributed by atoms with Gasteiger partial charge in [-0.25, -0.2) is 13.9 Å². The van der Waals surface area contributed by atoms with Gasteiger partial charge in [0.05, 0.1) is 18.2 Å². The fourth-order valence-corrected chi connectivity index (χ4v) is 7.91. The molecule has 2 heterocycles. The summed E-state index contributed by atoms with van der Waals surface area (Å²) in [7, 11) is -3.88. The molecule has 200 valence electrons. The molecule has 0 radical (unpaired) electrons. The smallest absolute Gasteiger partial charge is 0.245 e. The van der Waals surface area contributed by atoms with Crippen molar-refractivity contribution < 1.29 is 23.2 Å². The molecule has 2 amide bonds. The molecule has 0 bridgehead atoms. The Labute approximate surface area is 223 Å². The van der Waals surface area contributed by atoms with Crippen LogP contribution in [0.2, 0.25) is 0 Å². The molecule has 36 heavy (non-hydrogen) atoms. The number of hydroxylamine groups is 1. The number of nitrogens with zero attached hydrogens (tertiary/aromatic N) is 1. The van der Waals surface area contributed by atoms with Crippen molar-refractivity contribution in [1.82, 2.24) is 10.4 Å². The molecule has 1 aromatic heterocycles. The molecule has 2 atom stereocenters. The van der Waals surface area contributed by atoms with E-state index in [1.165, 1.54) is 21.8 Å². The van der Waals surface area contributed by atoms with Gasteiger partial charge in [-0.05, 0) is 41.5 Å². The standard InChI is InChI=1S/C25H35N3O5S2.ClH/c1-5-17-6-8-18(9-7-17)19-10-11-20(34-19)25(16-21(29)27-31)12-13-28(14-15-35(25,32)33)23(30)22(26)24(2,3)4;/h6-11,22,31H,5,12-16,26H2,1-4H3,(H,27,29);1H/t22-,25+;/m1./s1. The summed E-state index contributed by atoms with van der Waals surface area (Å²) in [4.78, 5) is 28.3. The second kappa shape index (κ2) is 11.6. The zero-order valence-corrected chi connectivity index (χ0v) is 23.6. The van der Waals surface area contributed by atoms with Gasteiger partial charge in [0.2, 0.25) is 11.8 Å². The highest BCUT2D eigenvalue weighted by Crippen LogP contribution is 2.45. The summed E-state index contributed by atoms with van der Waals surface area (Å²) in [6.45, 7) is 7.80. The molecule has 8 nitrogen and oxygen atoms in total. The number of aryl methyl sites for hydroxylation is 1. The first kappa shape index (κ1) is 30.2. The van der Waals surface area contributed by atoms with Gasteiger partial charge >= 0.3 is 0 Å². The Morgan fingerprint density at radius 1 is 1.17 bits per heavy atom. The lowest BCUT2D eigenvalue weighted by Crippen LogP contribution is -2.51. The van der Waals surface area contributed by atoms with Crippen LogP contribution in [0.4, 0.5) is 0 Å². The zero-order valence-electron chi connectivity index (χ0n) is 21.1. The first-order valence-corrected chi connectivity index (χ1v) is 14.2. The maximum absolute atomic E-state index is 13.7. The third-order valence-electron chi connectivity index (χ3n) is 6.79.